The summed E-state index contributed by atoms with van der Waals surface area (Å²) in [7, 11) is 0. The van der Waals surface area contributed by atoms with Crippen molar-refractivity contribution in [2.45, 2.75) is 59.2 Å². The van der Waals surface area contributed by atoms with Crippen molar-refractivity contribution in [2.75, 3.05) is 0 Å². The molecule has 0 radical (unpaired) electrons. The molecule has 1 aliphatic rings. The van der Waals surface area contributed by atoms with Gasteiger partial charge in [0.2, 0.25) is 0 Å². The molecule has 1 saturated carbocycles. The van der Waals surface area contributed by atoms with E-state index in [0.717, 1.165) is 19.3 Å². The summed E-state index contributed by atoms with van der Waals surface area (Å²) >= 11 is 0. The van der Waals surface area contributed by atoms with Crippen molar-refractivity contribution in [3.05, 3.63) is 0 Å². The molecule has 0 unspecified atom stereocenters. The Morgan fingerprint density at radius 2 is 1.79 bits per heavy atom. The largest absolute Gasteiger partial charge is 0.390 e. The van der Waals surface area contributed by atoms with Crippen LogP contribution in [0.3, 0.4) is 0 Å². The predicted octanol–water partition coefficient (Wildman–Crippen LogP) is 2.19. The second kappa shape index (κ2) is 4.19. The van der Waals surface area contributed by atoms with Gasteiger partial charge in [0.05, 0.1) is 12.2 Å². The van der Waals surface area contributed by atoms with E-state index in [-0.39, 0.29) is 11.3 Å². The average Bonchev–Trinajstić information content (AvgIpc) is 1.97. The first-order chi connectivity index (χ1) is 6.32. The van der Waals surface area contributed by atoms with Crippen LogP contribution in [-0.2, 0) is 0 Å². The second-order valence-corrected chi connectivity index (χ2v) is 6.02. The Hall–Kier alpha value is -0.0800. The van der Waals surface area contributed by atoms with E-state index in [2.05, 4.69) is 27.7 Å². The van der Waals surface area contributed by atoms with Gasteiger partial charge in [-0.3, -0.25) is 0 Å². The van der Waals surface area contributed by atoms with E-state index in [1.165, 1.54) is 0 Å². The SMILES string of the molecule is CC(C)C[C@H]1CC(C)(C)C[C@@H](O)[C@@H]1O. The molecule has 0 bridgehead atoms. The highest BCUT2D eigenvalue weighted by Gasteiger charge is 2.39. The van der Waals surface area contributed by atoms with Crippen molar-refractivity contribution in [1.29, 1.82) is 0 Å². The van der Waals surface area contributed by atoms with Crippen molar-refractivity contribution in [1.82, 2.24) is 0 Å². The van der Waals surface area contributed by atoms with E-state index in [1.54, 1.807) is 0 Å². The Morgan fingerprint density at radius 1 is 1.21 bits per heavy atom. The third kappa shape index (κ3) is 2.96. The highest BCUT2D eigenvalue weighted by Crippen LogP contribution is 2.41. The molecule has 1 aliphatic carbocycles. The van der Waals surface area contributed by atoms with Crippen LogP contribution in [0, 0.1) is 17.3 Å². The van der Waals surface area contributed by atoms with Gasteiger partial charge in [0.1, 0.15) is 0 Å². The van der Waals surface area contributed by atoms with Crippen molar-refractivity contribution < 1.29 is 10.2 Å². The third-order valence-electron chi connectivity index (χ3n) is 3.23. The lowest BCUT2D eigenvalue weighted by Gasteiger charge is -2.42. The summed E-state index contributed by atoms with van der Waals surface area (Å²) in [5.74, 6) is 0.865. The number of aliphatic hydroxyl groups is 2. The summed E-state index contributed by atoms with van der Waals surface area (Å²) in [6.45, 7) is 8.69. The Balaban J connectivity index is 2.63. The smallest absolute Gasteiger partial charge is 0.0827 e. The summed E-state index contributed by atoms with van der Waals surface area (Å²) < 4.78 is 0. The van der Waals surface area contributed by atoms with Crippen molar-refractivity contribution in [2.24, 2.45) is 17.3 Å². The van der Waals surface area contributed by atoms with E-state index in [0.29, 0.717) is 5.92 Å². The average molecular weight is 200 g/mol. The molecule has 0 amide bonds. The maximum absolute atomic E-state index is 9.87. The molecule has 0 aliphatic heterocycles. The molecule has 0 aromatic carbocycles. The standard InChI is InChI=1S/C12H24O2/c1-8(2)5-9-6-12(3,4)7-10(13)11(9)14/h8-11,13-14H,5-7H2,1-4H3/t9-,10+,11+/m0/s1. The molecule has 0 spiro atoms. The second-order valence-electron chi connectivity index (χ2n) is 6.02. The first-order valence-corrected chi connectivity index (χ1v) is 5.68. The molecule has 0 aromatic heterocycles. The maximum atomic E-state index is 9.87. The van der Waals surface area contributed by atoms with Crippen LogP contribution in [0.15, 0.2) is 0 Å². The van der Waals surface area contributed by atoms with Gasteiger partial charge in [0.25, 0.3) is 0 Å². The zero-order chi connectivity index (χ0) is 10.9. The molecule has 3 atom stereocenters. The molecule has 1 rings (SSSR count). The van der Waals surface area contributed by atoms with Gasteiger partial charge in [-0.2, -0.15) is 0 Å². The molecular weight excluding hydrogens is 176 g/mol. The van der Waals surface area contributed by atoms with E-state index >= 15 is 0 Å². The van der Waals surface area contributed by atoms with E-state index < -0.39 is 12.2 Å². The lowest BCUT2D eigenvalue weighted by molar-refractivity contribution is -0.0854. The summed E-state index contributed by atoms with van der Waals surface area (Å²) in [6.07, 6.45) is 1.74. The van der Waals surface area contributed by atoms with E-state index in [1.807, 2.05) is 0 Å². The van der Waals surface area contributed by atoms with Crippen LogP contribution in [0.4, 0.5) is 0 Å². The Morgan fingerprint density at radius 3 is 2.29 bits per heavy atom. The third-order valence-corrected chi connectivity index (χ3v) is 3.23. The Labute approximate surface area is 87.3 Å². The minimum Gasteiger partial charge on any atom is -0.390 e. The first-order valence-electron chi connectivity index (χ1n) is 5.68. The van der Waals surface area contributed by atoms with Crippen LogP contribution < -0.4 is 0 Å². The van der Waals surface area contributed by atoms with Crippen LogP contribution in [0.5, 0.6) is 0 Å². The van der Waals surface area contributed by atoms with Gasteiger partial charge in [-0.25, -0.2) is 0 Å². The van der Waals surface area contributed by atoms with Crippen LogP contribution in [0.25, 0.3) is 0 Å². The molecule has 0 aromatic rings. The molecule has 2 nitrogen and oxygen atoms in total. The van der Waals surface area contributed by atoms with E-state index in [4.69, 9.17) is 0 Å². The van der Waals surface area contributed by atoms with Crippen LogP contribution >= 0.6 is 0 Å². The van der Waals surface area contributed by atoms with Gasteiger partial charge < -0.3 is 10.2 Å². The molecule has 84 valence electrons. The van der Waals surface area contributed by atoms with Gasteiger partial charge in [-0.15, -0.1) is 0 Å². The monoisotopic (exact) mass is 200 g/mol. The number of aliphatic hydroxyl groups excluding tert-OH is 2. The van der Waals surface area contributed by atoms with Crippen molar-refractivity contribution in [3.8, 4) is 0 Å². The van der Waals surface area contributed by atoms with Crippen molar-refractivity contribution in [3.63, 3.8) is 0 Å². The lowest BCUT2D eigenvalue weighted by atomic mass is 9.67. The van der Waals surface area contributed by atoms with Gasteiger partial charge in [0.15, 0.2) is 0 Å². The van der Waals surface area contributed by atoms with Crippen LogP contribution in [0.2, 0.25) is 0 Å². The first kappa shape index (κ1) is 12.0. The fraction of sp³-hybridized carbons (Fsp3) is 1.00. The highest BCUT2D eigenvalue weighted by molar-refractivity contribution is 4.90. The molecule has 2 N–H and O–H groups in total. The summed E-state index contributed by atoms with van der Waals surface area (Å²) in [5.41, 5.74) is 0.179. The fourth-order valence-electron chi connectivity index (χ4n) is 2.74. The van der Waals surface area contributed by atoms with Gasteiger partial charge >= 0.3 is 0 Å². The summed E-state index contributed by atoms with van der Waals surface area (Å²) in [6, 6.07) is 0. The van der Waals surface area contributed by atoms with E-state index in [9.17, 15) is 10.2 Å². The van der Waals surface area contributed by atoms with Gasteiger partial charge in [-0.1, -0.05) is 27.7 Å². The molecule has 14 heavy (non-hydrogen) atoms. The molecule has 1 fully saturated rings. The quantitative estimate of drug-likeness (QED) is 0.717. The lowest BCUT2D eigenvalue weighted by Crippen LogP contribution is -2.44. The fourth-order valence-corrected chi connectivity index (χ4v) is 2.74. The summed E-state index contributed by atoms with van der Waals surface area (Å²) in [4.78, 5) is 0. The zero-order valence-corrected chi connectivity index (χ0v) is 9.83. The predicted molar refractivity (Wildman–Crippen MR) is 58.0 cm³/mol. The molecular formula is C12H24O2. The summed E-state index contributed by atoms with van der Waals surface area (Å²) in [5, 5.41) is 19.6. The topological polar surface area (TPSA) is 40.5 Å². The number of hydrogen-bond donors (Lipinski definition) is 2. The Kier molecular flexibility index (Phi) is 3.59. The molecule has 0 saturated heterocycles. The van der Waals surface area contributed by atoms with Gasteiger partial charge in [0, 0.05) is 0 Å². The van der Waals surface area contributed by atoms with Crippen LogP contribution in [-0.4, -0.2) is 22.4 Å². The number of rotatable bonds is 2. The van der Waals surface area contributed by atoms with Crippen LogP contribution in [0.1, 0.15) is 47.0 Å². The molecule has 2 heteroatoms. The van der Waals surface area contributed by atoms with Gasteiger partial charge in [-0.05, 0) is 36.5 Å². The maximum Gasteiger partial charge on any atom is 0.0827 e. The Bertz CT molecular complexity index is 187. The zero-order valence-electron chi connectivity index (χ0n) is 9.83. The minimum atomic E-state index is -0.525. The normalized spacial score (nSPS) is 37.5. The molecule has 0 heterocycles. The van der Waals surface area contributed by atoms with Crippen molar-refractivity contribution >= 4 is 0 Å². The minimum absolute atomic E-state index is 0.179. The highest BCUT2D eigenvalue weighted by atomic mass is 16.3. The number of hydrogen-bond acceptors (Lipinski definition) is 2.